The number of anilines is 1. The van der Waals surface area contributed by atoms with Gasteiger partial charge in [0.05, 0.1) is 17.3 Å². The smallest absolute Gasteiger partial charge is 0.183 e. The molecule has 1 heterocycles. The Labute approximate surface area is 111 Å². The summed E-state index contributed by atoms with van der Waals surface area (Å²) in [5.74, 6) is 0.597. The molecule has 0 amide bonds. The zero-order valence-corrected chi connectivity index (χ0v) is 11.3. The van der Waals surface area contributed by atoms with Gasteiger partial charge in [0.15, 0.2) is 5.13 Å². The van der Waals surface area contributed by atoms with Crippen molar-refractivity contribution in [2.45, 2.75) is 13.8 Å². The van der Waals surface area contributed by atoms with E-state index in [9.17, 15) is 0 Å². The van der Waals surface area contributed by atoms with Crippen molar-refractivity contribution in [2.75, 3.05) is 11.9 Å². The second-order valence-electron chi connectivity index (χ2n) is 4.51. The van der Waals surface area contributed by atoms with E-state index in [4.69, 9.17) is 5.26 Å². The van der Waals surface area contributed by atoms with Crippen LogP contribution >= 0.6 is 11.3 Å². The summed E-state index contributed by atoms with van der Waals surface area (Å²) in [5, 5.41) is 15.1. The molecule has 0 aliphatic rings. The Kier molecular flexibility index (Phi) is 3.96. The lowest BCUT2D eigenvalue weighted by Gasteiger charge is -2.04. The minimum Gasteiger partial charge on any atom is -0.361 e. The topological polar surface area (TPSA) is 48.7 Å². The molecular weight excluding hydrogens is 242 g/mol. The van der Waals surface area contributed by atoms with Gasteiger partial charge in [-0.1, -0.05) is 26.0 Å². The first-order valence-electron chi connectivity index (χ1n) is 5.89. The van der Waals surface area contributed by atoms with E-state index < -0.39 is 0 Å². The van der Waals surface area contributed by atoms with Gasteiger partial charge >= 0.3 is 0 Å². The van der Waals surface area contributed by atoms with Gasteiger partial charge < -0.3 is 5.32 Å². The average molecular weight is 257 g/mol. The number of benzene rings is 1. The molecule has 1 aromatic carbocycles. The largest absolute Gasteiger partial charge is 0.361 e. The number of rotatable bonds is 4. The molecule has 1 aromatic heterocycles. The van der Waals surface area contributed by atoms with Gasteiger partial charge in [-0.25, -0.2) is 4.98 Å². The lowest BCUT2D eigenvalue weighted by molar-refractivity contribution is 0.688. The minimum atomic E-state index is 0.597. The van der Waals surface area contributed by atoms with E-state index in [2.05, 4.69) is 30.2 Å². The number of hydrogen-bond donors (Lipinski definition) is 1. The fourth-order valence-electron chi connectivity index (χ4n) is 1.53. The van der Waals surface area contributed by atoms with Gasteiger partial charge in [0, 0.05) is 17.5 Å². The molecule has 0 radical (unpaired) electrons. The van der Waals surface area contributed by atoms with Crippen LogP contribution in [0.15, 0.2) is 29.6 Å². The fraction of sp³-hybridized carbons (Fsp3) is 0.286. The van der Waals surface area contributed by atoms with E-state index >= 15 is 0 Å². The number of hydrogen-bond acceptors (Lipinski definition) is 4. The van der Waals surface area contributed by atoms with Crippen LogP contribution < -0.4 is 5.32 Å². The Balaban J connectivity index is 2.16. The second-order valence-corrected chi connectivity index (χ2v) is 5.36. The van der Waals surface area contributed by atoms with Crippen molar-refractivity contribution < 1.29 is 0 Å². The van der Waals surface area contributed by atoms with Gasteiger partial charge in [-0.3, -0.25) is 0 Å². The normalized spacial score (nSPS) is 10.3. The third kappa shape index (κ3) is 3.08. The highest BCUT2D eigenvalue weighted by molar-refractivity contribution is 7.14. The van der Waals surface area contributed by atoms with Crippen LogP contribution in [0.25, 0.3) is 11.3 Å². The van der Waals surface area contributed by atoms with Crippen molar-refractivity contribution >= 4 is 16.5 Å². The maximum atomic E-state index is 8.88. The number of thiazole rings is 1. The predicted molar refractivity (Wildman–Crippen MR) is 75.6 cm³/mol. The maximum absolute atomic E-state index is 8.88. The summed E-state index contributed by atoms with van der Waals surface area (Å²) in [4.78, 5) is 4.53. The third-order valence-corrected chi connectivity index (χ3v) is 3.25. The first-order chi connectivity index (χ1) is 8.69. The lowest BCUT2D eigenvalue weighted by atomic mass is 10.1. The Morgan fingerprint density at radius 2 is 2.28 bits per heavy atom. The van der Waals surface area contributed by atoms with Crippen LogP contribution in [-0.4, -0.2) is 11.5 Å². The highest BCUT2D eigenvalue weighted by atomic mass is 32.1. The Morgan fingerprint density at radius 3 is 3.00 bits per heavy atom. The van der Waals surface area contributed by atoms with Gasteiger partial charge in [-0.2, -0.15) is 5.26 Å². The SMILES string of the molecule is CC(C)CNc1nc(-c2cccc(C#N)c2)cs1. The summed E-state index contributed by atoms with van der Waals surface area (Å²) in [5.41, 5.74) is 2.57. The summed E-state index contributed by atoms with van der Waals surface area (Å²) in [6.07, 6.45) is 0. The summed E-state index contributed by atoms with van der Waals surface area (Å²) in [6.45, 7) is 5.25. The second kappa shape index (κ2) is 5.65. The number of nitriles is 1. The highest BCUT2D eigenvalue weighted by Crippen LogP contribution is 2.25. The van der Waals surface area contributed by atoms with E-state index in [-0.39, 0.29) is 0 Å². The summed E-state index contributed by atoms with van der Waals surface area (Å²) in [6, 6.07) is 9.66. The number of nitrogens with zero attached hydrogens (tertiary/aromatic N) is 2. The molecule has 0 aliphatic heterocycles. The monoisotopic (exact) mass is 257 g/mol. The van der Waals surface area contributed by atoms with E-state index in [0.29, 0.717) is 11.5 Å². The molecule has 18 heavy (non-hydrogen) atoms. The molecule has 0 atom stereocenters. The van der Waals surface area contributed by atoms with Crippen LogP contribution in [0, 0.1) is 17.2 Å². The Hall–Kier alpha value is -1.86. The maximum Gasteiger partial charge on any atom is 0.183 e. The molecule has 0 spiro atoms. The third-order valence-electron chi connectivity index (χ3n) is 2.45. The molecule has 0 fully saturated rings. The van der Waals surface area contributed by atoms with Crippen molar-refractivity contribution in [3.63, 3.8) is 0 Å². The van der Waals surface area contributed by atoms with Crippen molar-refractivity contribution in [3.05, 3.63) is 35.2 Å². The quantitative estimate of drug-likeness (QED) is 0.907. The highest BCUT2D eigenvalue weighted by Gasteiger charge is 2.05. The van der Waals surface area contributed by atoms with Gasteiger partial charge in [-0.05, 0) is 18.1 Å². The molecule has 2 rings (SSSR count). The molecular formula is C14H15N3S. The molecule has 4 heteroatoms. The van der Waals surface area contributed by atoms with Gasteiger partial charge in [0.1, 0.15) is 0 Å². The Bertz CT molecular complexity index is 566. The first-order valence-corrected chi connectivity index (χ1v) is 6.77. The van der Waals surface area contributed by atoms with Gasteiger partial charge in [0.2, 0.25) is 0 Å². The van der Waals surface area contributed by atoms with Crippen molar-refractivity contribution in [1.29, 1.82) is 5.26 Å². The molecule has 0 unspecified atom stereocenters. The van der Waals surface area contributed by atoms with Crippen LogP contribution in [0.3, 0.4) is 0 Å². The van der Waals surface area contributed by atoms with E-state index in [1.54, 1.807) is 17.4 Å². The van der Waals surface area contributed by atoms with Crippen LogP contribution in [0.5, 0.6) is 0 Å². The van der Waals surface area contributed by atoms with Gasteiger partial charge in [-0.15, -0.1) is 11.3 Å². The molecule has 1 N–H and O–H groups in total. The fourth-order valence-corrected chi connectivity index (χ4v) is 2.26. The number of aromatic nitrogens is 1. The molecule has 0 aliphatic carbocycles. The van der Waals surface area contributed by atoms with Crippen molar-refractivity contribution in [3.8, 4) is 17.3 Å². The molecule has 0 bridgehead atoms. The van der Waals surface area contributed by atoms with Crippen LogP contribution in [0.1, 0.15) is 19.4 Å². The molecule has 0 saturated heterocycles. The molecule has 92 valence electrons. The van der Waals surface area contributed by atoms with E-state index in [1.807, 2.05) is 23.6 Å². The minimum absolute atomic E-state index is 0.597. The summed E-state index contributed by atoms with van der Waals surface area (Å²) >= 11 is 1.59. The van der Waals surface area contributed by atoms with E-state index in [1.165, 1.54) is 0 Å². The lowest BCUT2D eigenvalue weighted by Crippen LogP contribution is -2.07. The summed E-state index contributed by atoms with van der Waals surface area (Å²) in [7, 11) is 0. The van der Waals surface area contributed by atoms with Crippen LogP contribution in [0.2, 0.25) is 0 Å². The first kappa shape index (κ1) is 12.6. The van der Waals surface area contributed by atoms with Gasteiger partial charge in [0.25, 0.3) is 0 Å². The Morgan fingerprint density at radius 1 is 1.44 bits per heavy atom. The van der Waals surface area contributed by atoms with Crippen molar-refractivity contribution in [1.82, 2.24) is 4.98 Å². The zero-order chi connectivity index (χ0) is 13.0. The molecule has 3 nitrogen and oxygen atoms in total. The summed E-state index contributed by atoms with van der Waals surface area (Å²) < 4.78 is 0. The molecule has 0 saturated carbocycles. The van der Waals surface area contributed by atoms with Crippen LogP contribution in [0.4, 0.5) is 5.13 Å². The standard InChI is InChI=1S/C14H15N3S/c1-10(2)8-16-14-17-13(9-18-14)12-5-3-4-11(6-12)7-15/h3-6,9-10H,8H2,1-2H3,(H,16,17). The van der Waals surface area contributed by atoms with Crippen LogP contribution in [-0.2, 0) is 0 Å². The average Bonchev–Trinajstić information content (AvgIpc) is 2.85. The molecule has 2 aromatic rings. The zero-order valence-electron chi connectivity index (χ0n) is 10.5. The predicted octanol–water partition coefficient (Wildman–Crippen LogP) is 3.75. The van der Waals surface area contributed by atoms with Crippen molar-refractivity contribution in [2.24, 2.45) is 5.92 Å². The van der Waals surface area contributed by atoms with E-state index in [0.717, 1.165) is 22.9 Å². The number of nitrogens with one attached hydrogen (secondary N) is 1.